The molecule has 3 aromatic rings. The molecule has 1 aliphatic heterocycles. The highest BCUT2D eigenvalue weighted by atomic mass is 16.2. The van der Waals surface area contributed by atoms with Crippen LogP contribution in [0.4, 0.5) is 0 Å². The highest BCUT2D eigenvalue weighted by Gasteiger charge is 2.23. The van der Waals surface area contributed by atoms with Crippen molar-refractivity contribution in [3.05, 3.63) is 32.2 Å². The highest BCUT2D eigenvalue weighted by molar-refractivity contribution is 5.77. The Morgan fingerprint density at radius 1 is 1.17 bits per heavy atom. The summed E-state index contributed by atoms with van der Waals surface area (Å²) in [6.45, 7) is 7.43. The SMILES string of the molecule is Cc1c(C)n2c3c(=O)[nH]c(=O)n(C)c3nc2n1CCCN1CCC(C(N)=O)CC1. The van der Waals surface area contributed by atoms with Gasteiger partial charge in [-0.15, -0.1) is 0 Å². The number of hydrogen-bond donors (Lipinski definition) is 2. The van der Waals surface area contributed by atoms with Crippen LogP contribution in [0.15, 0.2) is 9.59 Å². The van der Waals surface area contributed by atoms with Crippen LogP contribution in [-0.4, -0.2) is 53.9 Å². The van der Waals surface area contributed by atoms with Gasteiger partial charge in [-0.3, -0.25) is 23.5 Å². The van der Waals surface area contributed by atoms with Crippen molar-refractivity contribution in [2.45, 2.75) is 39.7 Å². The lowest BCUT2D eigenvalue weighted by Crippen LogP contribution is -2.39. The Labute approximate surface area is 166 Å². The molecule has 0 unspecified atom stereocenters. The topological polar surface area (TPSA) is 123 Å². The summed E-state index contributed by atoms with van der Waals surface area (Å²) in [6, 6.07) is 0. The minimum Gasteiger partial charge on any atom is -0.369 e. The van der Waals surface area contributed by atoms with E-state index in [-0.39, 0.29) is 11.8 Å². The smallest absolute Gasteiger partial charge is 0.329 e. The lowest BCUT2D eigenvalue weighted by atomic mass is 9.96. The van der Waals surface area contributed by atoms with Gasteiger partial charge in [-0.2, -0.15) is 4.98 Å². The second-order valence-electron chi connectivity index (χ2n) is 7.93. The molecule has 0 atom stereocenters. The molecule has 0 aliphatic carbocycles. The van der Waals surface area contributed by atoms with Crippen LogP contribution in [-0.2, 0) is 18.4 Å². The van der Waals surface area contributed by atoms with Crippen molar-refractivity contribution in [3.8, 4) is 0 Å². The predicted octanol–water partition coefficient (Wildman–Crippen LogP) is -0.120. The molecule has 10 heteroatoms. The Hall–Kier alpha value is -2.88. The number of carbonyl (C=O) groups excluding carboxylic acids is 1. The van der Waals surface area contributed by atoms with Crippen molar-refractivity contribution in [2.75, 3.05) is 19.6 Å². The molecule has 0 aromatic carbocycles. The van der Waals surface area contributed by atoms with E-state index in [2.05, 4.69) is 19.4 Å². The molecule has 0 spiro atoms. The molecule has 1 fully saturated rings. The van der Waals surface area contributed by atoms with Crippen LogP contribution in [0.25, 0.3) is 16.9 Å². The van der Waals surface area contributed by atoms with Crippen LogP contribution in [0.3, 0.4) is 0 Å². The van der Waals surface area contributed by atoms with E-state index in [1.165, 1.54) is 4.57 Å². The fourth-order valence-corrected chi connectivity index (χ4v) is 4.34. The van der Waals surface area contributed by atoms with E-state index in [9.17, 15) is 14.4 Å². The van der Waals surface area contributed by atoms with Crippen LogP contribution >= 0.6 is 0 Å². The van der Waals surface area contributed by atoms with Crippen LogP contribution in [0.2, 0.25) is 0 Å². The second kappa shape index (κ2) is 7.18. The molecule has 29 heavy (non-hydrogen) atoms. The van der Waals surface area contributed by atoms with Gasteiger partial charge in [-0.25, -0.2) is 4.79 Å². The van der Waals surface area contributed by atoms with E-state index in [0.717, 1.165) is 56.8 Å². The molecule has 3 aromatic heterocycles. The number of carbonyl (C=O) groups is 1. The van der Waals surface area contributed by atoms with Crippen molar-refractivity contribution in [2.24, 2.45) is 18.7 Å². The van der Waals surface area contributed by atoms with Crippen LogP contribution in [0.5, 0.6) is 0 Å². The first-order chi connectivity index (χ1) is 13.8. The second-order valence-corrected chi connectivity index (χ2v) is 7.93. The van der Waals surface area contributed by atoms with E-state index in [4.69, 9.17) is 5.73 Å². The Kier molecular flexibility index (Phi) is 4.81. The number of nitrogens with two attached hydrogens (primary N) is 1. The van der Waals surface area contributed by atoms with Crippen molar-refractivity contribution in [1.29, 1.82) is 0 Å². The summed E-state index contributed by atoms with van der Waals surface area (Å²) in [7, 11) is 1.61. The van der Waals surface area contributed by atoms with Gasteiger partial charge >= 0.3 is 5.69 Å². The number of hydrogen-bond acceptors (Lipinski definition) is 5. The summed E-state index contributed by atoms with van der Waals surface area (Å²) in [6.07, 6.45) is 2.57. The summed E-state index contributed by atoms with van der Waals surface area (Å²) >= 11 is 0. The third kappa shape index (κ3) is 3.17. The highest BCUT2D eigenvalue weighted by Crippen LogP contribution is 2.21. The van der Waals surface area contributed by atoms with Crippen molar-refractivity contribution in [1.82, 2.24) is 28.4 Å². The first-order valence-electron chi connectivity index (χ1n) is 9.98. The number of aryl methyl sites for hydroxylation is 3. The monoisotopic (exact) mass is 401 g/mol. The quantitative estimate of drug-likeness (QED) is 0.617. The number of nitrogens with zero attached hydrogens (tertiary/aromatic N) is 5. The zero-order valence-corrected chi connectivity index (χ0v) is 17.1. The molecule has 156 valence electrons. The molecule has 1 aliphatic rings. The Bertz CT molecular complexity index is 1200. The van der Waals surface area contributed by atoms with Gasteiger partial charge in [0.2, 0.25) is 11.7 Å². The van der Waals surface area contributed by atoms with Gasteiger partial charge in [0.15, 0.2) is 11.2 Å². The number of aromatic nitrogens is 5. The number of nitrogens with one attached hydrogen (secondary N) is 1. The fraction of sp³-hybridized carbons (Fsp3) is 0.579. The Morgan fingerprint density at radius 3 is 2.52 bits per heavy atom. The molecular weight excluding hydrogens is 374 g/mol. The number of aromatic amines is 1. The summed E-state index contributed by atoms with van der Waals surface area (Å²) in [5, 5.41) is 0. The number of imidazole rings is 2. The molecular formula is C19H27N7O3. The zero-order chi connectivity index (χ0) is 20.9. The molecule has 1 amide bonds. The van der Waals surface area contributed by atoms with Crippen molar-refractivity contribution >= 4 is 22.8 Å². The lowest BCUT2D eigenvalue weighted by molar-refractivity contribution is -0.123. The maximum atomic E-state index is 12.4. The first-order valence-corrected chi connectivity index (χ1v) is 9.98. The summed E-state index contributed by atoms with van der Waals surface area (Å²) in [5.74, 6) is 0.484. The molecule has 0 bridgehead atoms. The third-order valence-corrected chi connectivity index (χ3v) is 6.25. The van der Waals surface area contributed by atoms with E-state index in [1.807, 2.05) is 18.2 Å². The van der Waals surface area contributed by atoms with Crippen LogP contribution in [0.1, 0.15) is 30.7 Å². The molecule has 0 saturated carbocycles. The largest absolute Gasteiger partial charge is 0.369 e. The van der Waals surface area contributed by atoms with E-state index in [1.54, 1.807) is 7.05 Å². The number of rotatable bonds is 5. The average molecular weight is 401 g/mol. The molecule has 0 radical (unpaired) electrons. The van der Waals surface area contributed by atoms with Crippen molar-refractivity contribution < 1.29 is 4.79 Å². The Morgan fingerprint density at radius 2 is 1.86 bits per heavy atom. The Balaban J connectivity index is 1.58. The summed E-state index contributed by atoms with van der Waals surface area (Å²) in [4.78, 5) is 45.0. The summed E-state index contributed by atoms with van der Waals surface area (Å²) < 4.78 is 5.31. The van der Waals surface area contributed by atoms with Gasteiger partial charge in [-0.05, 0) is 52.7 Å². The number of likely N-dealkylation sites (tertiary alicyclic amines) is 1. The molecule has 1 saturated heterocycles. The standard InChI is InChI=1S/C19H27N7O3/c1-11-12(2)26-14-16(23(3)19(29)22-17(14)28)21-18(26)25(11)8-4-7-24-9-5-13(6-10-24)15(20)27/h13H,4-10H2,1-3H3,(H2,20,27)(H,22,28,29). The maximum absolute atomic E-state index is 12.4. The molecule has 4 rings (SSSR count). The minimum absolute atomic E-state index is 0.00213. The maximum Gasteiger partial charge on any atom is 0.329 e. The lowest BCUT2D eigenvalue weighted by Gasteiger charge is -2.30. The van der Waals surface area contributed by atoms with E-state index < -0.39 is 11.2 Å². The van der Waals surface area contributed by atoms with Gasteiger partial charge in [0.25, 0.3) is 5.56 Å². The van der Waals surface area contributed by atoms with E-state index in [0.29, 0.717) is 16.9 Å². The number of primary amides is 1. The molecule has 4 heterocycles. The van der Waals surface area contributed by atoms with Gasteiger partial charge in [0.05, 0.1) is 0 Å². The third-order valence-electron chi connectivity index (χ3n) is 6.25. The first kappa shape index (κ1) is 19.4. The fourth-order valence-electron chi connectivity index (χ4n) is 4.34. The predicted molar refractivity (Wildman–Crippen MR) is 109 cm³/mol. The van der Waals surface area contributed by atoms with Crippen molar-refractivity contribution in [3.63, 3.8) is 0 Å². The van der Waals surface area contributed by atoms with Gasteiger partial charge in [0, 0.05) is 30.9 Å². The number of fused-ring (bicyclic) bond motifs is 3. The van der Waals surface area contributed by atoms with E-state index >= 15 is 0 Å². The summed E-state index contributed by atoms with van der Waals surface area (Å²) in [5.41, 5.74) is 7.29. The number of piperidine rings is 1. The molecule has 3 N–H and O–H groups in total. The van der Waals surface area contributed by atoms with Crippen LogP contribution < -0.4 is 17.0 Å². The van der Waals surface area contributed by atoms with Gasteiger partial charge < -0.3 is 15.2 Å². The average Bonchev–Trinajstić information content (AvgIpc) is 3.18. The van der Waals surface area contributed by atoms with Gasteiger partial charge in [0.1, 0.15) is 0 Å². The van der Waals surface area contributed by atoms with Gasteiger partial charge in [-0.1, -0.05) is 0 Å². The van der Waals surface area contributed by atoms with Crippen LogP contribution in [0, 0.1) is 19.8 Å². The molecule has 10 nitrogen and oxygen atoms in total. The minimum atomic E-state index is -0.469. The number of H-pyrrole nitrogens is 1. The zero-order valence-electron chi connectivity index (χ0n) is 17.1. The normalized spacial score (nSPS) is 16.2. The number of amides is 1.